The molecule has 1 aromatic carbocycles. The van der Waals surface area contributed by atoms with Crippen LogP contribution < -0.4 is 4.74 Å². The number of ether oxygens (including phenoxy) is 1. The summed E-state index contributed by atoms with van der Waals surface area (Å²) in [6, 6.07) is 5.66. The molecule has 20 heavy (non-hydrogen) atoms. The van der Waals surface area contributed by atoms with E-state index in [2.05, 4.69) is 9.97 Å². The van der Waals surface area contributed by atoms with Gasteiger partial charge in [-0.1, -0.05) is 11.8 Å². The number of aryl methyl sites for hydroxylation is 1. The first-order chi connectivity index (χ1) is 9.60. The smallest absolute Gasteiger partial charge is 0.188 e. The van der Waals surface area contributed by atoms with Crippen molar-refractivity contribution in [1.82, 2.24) is 9.97 Å². The number of benzene rings is 1. The maximum atomic E-state index is 13.2. The van der Waals surface area contributed by atoms with Gasteiger partial charge in [-0.3, -0.25) is 4.79 Å². The van der Waals surface area contributed by atoms with E-state index in [0.29, 0.717) is 10.9 Å². The molecule has 0 spiro atoms. The van der Waals surface area contributed by atoms with Gasteiger partial charge in [-0.05, 0) is 31.2 Å². The Bertz CT molecular complexity index is 634. The van der Waals surface area contributed by atoms with Crippen molar-refractivity contribution in [2.45, 2.75) is 12.1 Å². The van der Waals surface area contributed by atoms with E-state index in [9.17, 15) is 9.18 Å². The van der Waals surface area contributed by atoms with E-state index in [0.717, 1.165) is 5.69 Å². The first-order valence-electron chi connectivity index (χ1n) is 5.89. The number of carbonyl (C=O) groups is 1. The predicted molar refractivity (Wildman–Crippen MR) is 74.8 cm³/mol. The van der Waals surface area contributed by atoms with Gasteiger partial charge in [-0.2, -0.15) is 0 Å². The third-order valence-corrected chi connectivity index (χ3v) is 3.43. The largest absolute Gasteiger partial charge is 0.496 e. The summed E-state index contributed by atoms with van der Waals surface area (Å²) in [5, 5.41) is 0.522. The van der Waals surface area contributed by atoms with Crippen LogP contribution in [0.3, 0.4) is 0 Å². The third-order valence-electron chi connectivity index (χ3n) is 2.57. The number of thioether (sulfide) groups is 1. The van der Waals surface area contributed by atoms with E-state index >= 15 is 0 Å². The lowest BCUT2D eigenvalue weighted by Crippen LogP contribution is -2.06. The third kappa shape index (κ3) is 3.54. The number of methoxy groups -OCH3 is 1. The molecule has 0 bridgehead atoms. The second-order valence-corrected chi connectivity index (χ2v) is 4.98. The molecule has 6 heteroatoms. The number of ketones is 1. The number of hydrogen-bond acceptors (Lipinski definition) is 5. The van der Waals surface area contributed by atoms with Crippen LogP contribution in [0.2, 0.25) is 0 Å². The Morgan fingerprint density at radius 1 is 1.40 bits per heavy atom. The van der Waals surface area contributed by atoms with Crippen molar-refractivity contribution in [1.29, 1.82) is 0 Å². The highest BCUT2D eigenvalue weighted by atomic mass is 32.2. The molecular formula is C14H13FN2O2S. The van der Waals surface area contributed by atoms with Crippen LogP contribution in [0.25, 0.3) is 0 Å². The number of carbonyl (C=O) groups excluding carboxylic acids is 1. The van der Waals surface area contributed by atoms with Gasteiger partial charge in [0.25, 0.3) is 0 Å². The second kappa shape index (κ2) is 6.47. The van der Waals surface area contributed by atoms with Crippen molar-refractivity contribution in [3.8, 4) is 5.75 Å². The minimum atomic E-state index is -0.467. The molecule has 104 valence electrons. The number of hydrogen-bond donors (Lipinski definition) is 0. The van der Waals surface area contributed by atoms with Crippen LogP contribution in [0.1, 0.15) is 16.1 Å². The van der Waals surface area contributed by atoms with Crippen molar-refractivity contribution in [2.24, 2.45) is 0 Å². The Morgan fingerprint density at radius 2 is 2.20 bits per heavy atom. The molecule has 2 rings (SSSR count). The predicted octanol–water partition coefficient (Wildman–Crippen LogP) is 2.91. The van der Waals surface area contributed by atoms with E-state index in [1.807, 2.05) is 6.92 Å². The first-order valence-corrected chi connectivity index (χ1v) is 6.88. The quantitative estimate of drug-likeness (QED) is 0.482. The molecule has 0 unspecified atom stereocenters. The highest BCUT2D eigenvalue weighted by molar-refractivity contribution is 7.99. The highest BCUT2D eigenvalue weighted by Crippen LogP contribution is 2.22. The average molecular weight is 292 g/mol. The van der Waals surface area contributed by atoms with Crippen LogP contribution in [-0.2, 0) is 0 Å². The Hall–Kier alpha value is -1.95. The van der Waals surface area contributed by atoms with Crippen molar-refractivity contribution >= 4 is 17.5 Å². The van der Waals surface area contributed by atoms with Gasteiger partial charge >= 0.3 is 0 Å². The molecule has 4 nitrogen and oxygen atoms in total. The van der Waals surface area contributed by atoms with E-state index in [1.54, 1.807) is 12.3 Å². The summed E-state index contributed by atoms with van der Waals surface area (Å²) < 4.78 is 18.3. The number of rotatable bonds is 5. The van der Waals surface area contributed by atoms with Crippen molar-refractivity contribution < 1.29 is 13.9 Å². The van der Waals surface area contributed by atoms with Gasteiger partial charge in [0.1, 0.15) is 11.6 Å². The van der Waals surface area contributed by atoms with Gasteiger partial charge in [0.05, 0.1) is 18.4 Å². The van der Waals surface area contributed by atoms with E-state index < -0.39 is 5.82 Å². The fraction of sp³-hybridized carbons (Fsp3) is 0.214. The number of halogens is 1. The molecule has 2 aromatic rings. The normalized spacial score (nSPS) is 10.3. The zero-order valence-corrected chi connectivity index (χ0v) is 11.9. The van der Waals surface area contributed by atoms with E-state index in [-0.39, 0.29) is 17.1 Å². The summed E-state index contributed by atoms with van der Waals surface area (Å²) in [6.45, 7) is 1.85. The van der Waals surface area contributed by atoms with Crippen LogP contribution in [0.5, 0.6) is 5.75 Å². The molecule has 0 fully saturated rings. The minimum Gasteiger partial charge on any atom is -0.496 e. The minimum absolute atomic E-state index is 0.128. The SMILES string of the molecule is COc1ccc(F)cc1C(=O)CSc1nccc(C)n1. The molecular weight excluding hydrogens is 279 g/mol. The monoisotopic (exact) mass is 292 g/mol. The van der Waals surface area contributed by atoms with Crippen molar-refractivity contribution in [3.05, 3.63) is 47.5 Å². The summed E-state index contributed by atoms with van der Waals surface area (Å²) in [7, 11) is 1.45. The molecule has 0 aliphatic rings. The molecule has 0 N–H and O–H groups in total. The zero-order chi connectivity index (χ0) is 14.5. The maximum Gasteiger partial charge on any atom is 0.188 e. The molecule has 0 saturated carbocycles. The molecule has 0 radical (unpaired) electrons. The Kier molecular flexibility index (Phi) is 4.68. The van der Waals surface area contributed by atoms with Gasteiger partial charge < -0.3 is 4.74 Å². The molecule has 1 heterocycles. The maximum absolute atomic E-state index is 13.2. The van der Waals surface area contributed by atoms with E-state index in [4.69, 9.17) is 4.74 Å². The molecule has 0 saturated heterocycles. The van der Waals surface area contributed by atoms with Crippen LogP contribution >= 0.6 is 11.8 Å². The fourth-order valence-electron chi connectivity index (χ4n) is 1.60. The molecule has 0 aliphatic carbocycles. The lowest BCUT2D eigenvalue weighted by Gasteiger charge is -2.07. The van der Waals surface area contributed by atoms with Gasteiger partial charge in [0.2, 0.25) is 0 Å². The number of Topliss-reactive ketones (excluding diaryl/α,β-unsaturated/α-hetero) is 1. The zero-order valence-electron chi connectivity index (χ0n) is 11.1. The number of aromatic nitrogens is 2. The highest BCUT2D eigenvalue weighted by Gasteiger charge is 2.14. The molecule has 0 amide bonds. The Morgan fingerprint density at radius 3 is 2.90 bits per heavy atom. The van der Waals surface area contributed by atoms with Crippen LogP contribution in [0.4, 0.5) is 4.39 Å². The first kappa shape index (κ1) is 14.5. The van der Waals surface area contributed by atoms with Crippen LogP contribution in [0.15, 0.2) is 35.6 Å². The van der Waals surface area contributed by atoms with E-state index in [1.165, 1.54) is 37.1 Å². The molecule has 0 aliphatic heterocycles. The fourth-order valence-corrected chi connectivity index (χ4v) is 2.36. The summed E-state index contributed by atoms with van der Waals surface area (Å²) in [5.41, 5.74) is 1.06. The average Bonchev–Trinajstić information content (AvgIpc) is 2.45. The Labute approximate surface area is 120 Å². The summed E-state index contributed by atoms with van der Waals surface area (Å²) in [6.07, 6.45) is 1.64. The lowest BCUT2D eigenvalue weighted by molar-refractivity contribution is 0.101. The lowest BCUT2D eigenvalue weighted by atomic mass is 10.1. The Balaban J connectivity index is 2.10. The summed E-state index contributed by atoms with van der Waals surface area (Å²) in [4.78, 5) is 20.4. The molecule has 1 aromatic heterocycles. The van der Waals surface area contributed by atoms with Crippen molar-refractivity contribution in [3.63, 3.8) is 0 Å². The van der Waals surface area contributed by atoms with Crippen LogP contribution in [0, 0.1) is 12.7 Å². The van der Waals surface area contributed by atoms with Gasteiger partial charge in [-0.15, -0.1) is 0 Å². The summed E-state index contributed by atoms with van der Waals surface area (Å²) >= 11 is 1.21. The van der Waals surface area contributed by atoms with Crippen molar-refractivity contribution in [2.75, 3.05) is 12.9 Å². The number of nitrogens with zero attached hydrogens (tertiary/aromatic N) is 2. The second-order valence-electron chi connectivity index (χ2n) is 4.04. The standard InChI is InChI=1S/C14H13FN2O2S/c1-9-5-6-16-14(17-9)20-8-12(18)11-7-10(15)3-4-13(11)19-2/h3-7H,8H2,1-2H3. The van der Waals surface area contributed by atoms with Gasteiger partial charge in [0, 0.05) is 11.9 Å². The molecule has 0 atom stereocenters. The summed E-state index contributed by atoms with van der Waals surface area (Å²) in [5.74, 6) is -0.201. The van der Waals surface area contributed by atoms with Gasteiger partial charge in [-0.25, -0.2) is 14.4 Å². The van der Waals surface area contributed by atoms with Gasteiger partial charge in [0.15, 0.2) is 10.9 Å². The van der Waals surface area contributed by atoms with Crippen LogP contribution in [-0.4, -0.2) is 28.6 Å². The topological polar surface area (TPSA) is 52.1 Å².